The number of sulfone groups is 1. The number of piperidine rings is 1. The van der Waals surface area contributed by atoms with Crippen molar-refractivity contribution in [1.29, 1.82) is 0 Å². The van der Waals surface area contributed by atoms with Gasteiger partial charge in [0, 0.05) is 201 Å². The topological polar surface area (TPSA) is 318 Å². The minimum Gasteiger partial charge on any atom is -0.367 e. The van der Waals surface area contributed by atoms with Gasteiger partial charge in [0.2, 0.25) is 10.0 Å². The first-order valence-electron chi connectivity index (χ1n) is 35.5. The summed E-state index contributed by atoms with van der Waals surface area (Å²) >= 11 is 0. The molecule has 6 fully saturated rings. The molecule has 5 N–H and O–H groups in total. The van der Waals surface area contributed by atoms with E-state index in [-0.39, 0.29) is 23.0 Å². The van der Waals surface area contributed by atoms with Crippen molar-refractivity contribution in [2.24, 2.45) is 65.3 Å². The second kappa shape index (κ2) is 28.4. The zero-order chi connectivity index (χ0) is 72.9. The Balaban J connectivity index is 0.000000127. The molecular weight excluding hydrogens is 1360 g/mol. The van der Waals surface area contributed by atoms with Crippen LogP contribution in [0, 0.1) is 17.3 Å². The predicted octanol–water partition coefficient (Wildman–Crippen LogP) is 10.4. The van der Waals surface area contributed by atoms with Gasteiger partial charge in [-0.1, -0.05) is 54.6 Å². The van der Waals surface area contributed by atoms with Crippen molar-refractivity contribution in [3.63, 3.8) is 0 Å². The molecule has 5 aliphatic carbocycles. The van der Waals surface area contributed by atoms with Crippen molar-refractivity contribution in [1.82, 2.24) is 92.9 Å². The zero-order valence-electron chi connectivity index (χ0n) is 60.2. The lowest BCUT2D eigenvalue weighted by Gasteiger charge is -2.53. The van der Waals surface area contributed by atoms with Crippen molar-refractivity contribution < 1.29 is 16.8 Å². The lowest BCUT2D eigenvalue weighted by molar-refractivity contribution is 0.0748. The van der Waals surface area contributed by atoms with Crippen LogP contribution in [-0.4, -0.2) is 165 Å². The third kappa shape index (κ3) is 15.5. The minimum atomic E-state index is -3.26. The van der Waals surface area contributed by atoms with E-state index in [9.17, 15) is 16.8 Å². The predicted molar refractivity (Wildman–Crippen MR) is 406 cm³/mol. The molecule has 4 bridgehead atoms. The maximum atomic E-state index is 12.4. The summed E-state index contributed by atoms with van der Waals surface area (Å²) in [4.78, 5) is 29.1. The molecule has 10 heterocycles. The highest BCUT2D eigenvalue weighted by atomic mass is 32.2. The van der Waals surface area contributed by atoms with E-state index in [4.69, 9.17) is 30.7 Å². The third-order valence-corrected chi connectivity index (χ3v) is 23.7. The molecule has 9 aromatic heterocycles. The van der Waals surface area contributed by atoms with Gasteiger partial charge in [0.1, 0.15) is 27.3 Å². The fourth-order valence-corrected chi connectivity index (χ4v) is 18.6. The molecule has 6 aliphatic rings. The highest BCUT2D eigenvalue weighted by molar-refractivity contribution is 7.90. The molecule has 0 amide bonds. The van der Waals surface area contributed by atoms with Gasteiger partial charge in [-0.25, -0.2) is 46.7 Å². The van der Waals surface area contributed by atoms with Gasteiger partial charge in [0.15, 0.2) is 17.5 Å². The average molecular weight is 1450 g/mol. The fourth-order valence-electron chi connectivity index (χ4n) is 15.8. The number of hydrogen-bond acceptors (Lipinski definition) is 20. The van der Waals surface area contributed by atoms with E-state index in [0.29, 0.717) is 53.5 Å². The Hall–Kier alpha value is -10.6. The Bertz CT molecular complexity index is 5370. The van der Waals surface area contributed by atoms with E-state index < -0.39 is 19.9 Å². The molecule has 27 nitrogen and oxygen atoms in total. The van der Waals surface area contributed by atoms with E-state index in [1.165, 1.54) is 12.5 Å². The first-order valence-corrected chi connectivity index (χ1v) is 39.4. The van der Waals surface area contributed by atoms with Crippen LogP contribution in [-0.2, 0) is 62.1 Å². The van der Waals surface area contributed by atoms with E-state index in [1.807, 2.05) is 172 Å². The molecule has 105 heavy (non-hydrogen) atoms. The molecule has 12 aromatic rings. The molecule has 3 aromatic carbocycles. The number of aromatic nitrogens is 18. The van der Waals surface area contributed by atoms with Gasteiger partial charge < -0.3 is 21.7 Å². The maximum absolute atomic E-state index is 12.4. The molecule has 3 atom stereocenters. The number of hydrogen-bond donors (Lipinski definition) is 4. The largest absolute Gasteiger partial charge is 0.367 e. The number of nitrogens with zero attached hydrogens (tertiary/aromatic N) is 19. The molecule has 0 spiro atoms. The van der Waals surface area contributed by atoms with E-state index >= 15 is 0 Å². The summed E-state index contributed by atoms with van der Waals surface area (Å²) in [6.45, 7) is 1.34. The maximum Gasteiger partial charge on any atom is 0.211 e. The standard InChI is InChI=1S/C28H33N7O2S.C25H28N8O2S.C23H26N8/c1-34-17-22(14-30-34)20-5-4-6-21(13-20)25-29-16-24(23-15-31-35(2)18-23)26(32-25)33-28-10-7-27(8-11-28,9-12-28)19-38(3,36)37;1-31-14-19(10-27-31)17-5-4-6-18(9-17)24-26-12-21(20-11-28-32(2)15-20)25(30-24)29-22-7-16-8-23(22)33(13-16)36(3,34)35;1-30-13-18(10-26-30)16-4-3-5-17(8-16)22-25-12-21(19-11-27-31(2)14-19)23(29-22)28-20-6-15(7-20)9-24/h4-6,13-18H,7-12,19H2,1-3H3,(H,29,32,33);4-6,9-12,14-16,22-23H,7-8,13H2,1-3H3,(H,26,29,30);3-5,8,10-15,20H,6-7,9,24H2,1-2H3,(H,25,28,29). The number of nitrogens with one attached hydrogen (secondary N) is 3. The van der Waals surface area contributed by atoms with Gasteiger partial charge >= 0.3 is 0 Å². The Kier molecular flexibility index (Phi) is 19.0. The van der Waals surface area contributed by atoms with Crippen LogP contribution < -0.4 is 21.7 Å². The Morgan fingerprint density at radius 3 is 1.18 bits per heavy atom. The fraction of sp³-hybridized carbons (Fsp3) is 0.368. The van der Waals surface area contributed by atoms with Crippen molar-refractivity contribution in [3.05, 3.63) is 166 Å². The molecule has 5 saturated carbocycles. The number of nitrogens with two attached hydrogens (primary N) is 1. The molecule has 542 valence electrons. The highest BCUT2D eigenvalue weighted by Gasteiger charge is 2.51. The van der Waals surface area contributed by atoms with E-state index in [2.05, 4.69) is 81.9 Å². The molecular formula is C76H87N23O4S2. The van der Waals surface area contributed by atoms with E-state index in [1.54, 1.807) is 38.6 Å². The number of sulfonamides is 1. The molecule has 1 saturated heterocycles. The Labute approximate surface area is 610 Å². The molecule has 0 radical (unpaired) electrons. The summed E-state index contributed by atoms with van der Waals surface area (Å²) in [7, 11) is 5.14. The summed E-state index contributed by atoms with van der Waals surface area (Å²) in [5.74, 6) is 5.51. The minimum absolute atomic E-state index is 0.0154. The normalized spacial score (nSPS) is 21.1. The van der Waals surface area contributed by atoms with Crippen molar-refractivity contribution in [2.45, 2.75) is 87.9 Å². The second-order valence-corrected chi connectivity index (χ2v) is 33.5. The van der Waals surface area contributed by atoms with E-state index in [0.717, 1.165) is 166 Å². The van der Waals surface area contributed by atoms with Gasteiger partial charge in [-0.15, -0.1) is 0 Å². The monoisotopic (exact) mass is 1450 g/mol. The van der Waals surface area contributed by atoms with Gasteiger partial charge in [-0.2, -0.15) is 34.9 Å². The molecule has 3 unspecified atom stereocenters. The SMILES string of the molecule is Cn1cc(-c2cccc(-c3ncc(-c4cnn(C)c4)c(NC45CCC(CS(C)(=O)=O)(CC4)CC5)n3)c2)cn1.Cn1cc(-c2cccc(-c3ncc(-c4cnn(C)c4)c(NC4CC(CN)C4)n3)c2)cn1.Cn1cc(-c2cccc(-c3ncc(-c4cnn(C)c4)c(NC4CC5CC4N(S(C)(=O)=O)C5)n3)c2)cn1. The number of rotatable bonds is 19. The third-order valence-electron chi connectivity index (χ3n) is 21.3. The molecule has 1 aliphatic heterocycles. The first-order chi connectivity index (χ1) is 50.4. The first kappa shape index (κ1) is 70.1. The average Bonchev–Trinajstić information content (AvgIpc) is 1.13. The lowest BCUT2D eigenvalue weighted by Crippen LogP contribution is -2.52. The van der Waals surface area contributed by atoms with Gasteiger partial charge in [-0.05, 0) is 123 Å². The summed E-state index contributed by atoms with van der Waals surface area (Å²) in [6, 6.07) is 24.8. The van der Waals surface area contributed by atoms with Crippen LogP contribution in [0.1, 0.15) is 64.2 Å². The lowest BCUT2D eigenvalue weighted by atomic mass is 9.58. The van der Waals surface area contributed by atoms with Crippen molar-refractivity contribution in [3.8, 4) is 101 Å². The van der Waals surface area contributed by atoms with Crippen LogP contribution in [0.5, 0.6) is 0 Å². The Morgan fingerprint density at radius 1 is 0.448 bits per heavy atom. The summed E-state index contributed by atoms with van der Waals surface area (Å²) in [6.07, 6.45) is 40.6. The van der Waals surface area contributed by atoms with Gasteiger partial charge in [0.05, 0.1) is 49.2 Å². The highest BCUT2D eigenvalue weighted by Crippen LogP contribution is 2.54. The summed E-state index contributed by atoms with van der Waals surface area (Å²) < 4.78 is 61.2. The van der Waals surface area contributed by atoms with Crippen LogP contribution in [0.2, 0.25) is 0 Å². The zero-order valence-corrected chi connectivity index (χ0v) is 61.8. The van der Waals surface area contributed by atoms with Crippen LogP contribution in [0.4, 0.5) is 17.5 Å². The van der Waals surface area contributed by atoms with Crippen LogP contribution in [0.3, 0.4) is 0 Å². The smallest absolute Gasteiger partial charge is 0.211 e. The molecule has 29 heteroatoms. The summed E-state index contributed by atoms with van der Waals surface area (Å²) in [5, 5.41) is 36.9. The quantitative estimate of drug-likeness (QED) is 0.0584. The molecule has 18 rings (SSSR count). The second-order valence-electron chi connectivity index (χ2n) is 29.4. The van der Waals surface area contributed by atoms with Crippen molar-refractivity contribution >= 4 is 37.3 Å². The van der Waals surface area contributed by atoms with Crippen LogP contribution >= 0.6 is 0 Å². The number of aryl methyl sites for hydroxylation is 6. The van der Waals surface area contributed by atoms with Crippen LogP contribution in [0.25, 0.3) is 101 Å². The Morgan fingerprint density at radius 2 is 0.819 bits per heavy atom. The van der Waals surface area contributed by atoms with Gasteiger partial charge in [-0.3, -0.25) is 28.1 Å². The number of fused-ring (bicyclic) bond motifs is 5. The van der Waals surface area contributed by atoms with Gasteiger partial charge in [0.25, 0.3) is 0 Å². The number of anilines is 3. The summed E-state index contributed by atoms with van der Waals surface area (Å²) in [5.41, 5.74) is 20.3. The van der Waals surface area contributed by atoms with Crippen LogP contribution in [0.15, 0.2) is 166 Å². The number of benzene rings is 3. The van der Waals surface area contributed by atoms with Crippen molar-refractivity contribution in [2.75, 3.05) is 47.3 Å².